The molecule has 0 aliphatic carbocycles. The lowest BCUT2D eigenvalue weighted by Crippen LogP contribution is -2.47. The summed E-state index contributed by atoms with van der Waals surface area (Å²) in [7, 11) is 1.35. The monoisotopic (exact) mass is 389 g/mol. The average Bonchev–Trinajstić information content (AvgIpc) is 2.89. The standard InChI is InChI=1S/C14H16INO4/c1-19-14(18)11-4-2-3-9-16(11)13(17)8-6-10-5-7-12(15)20-10/h5-8,11H,2-4,9H2,1H3/b8-6+. The number of methoxy groups -OCH3 is 1. The third-order valence-electron chi connectivity index (χ3n) is 3.24. The SMILES string of the molecule is COC(=O)C1CCCCN1C(=O)/C=C/c1ccc(I)o1. The lowest BCUT2D eigenvalue weighted by molar-refractivity contribution is -0.153. The van der Waals surface area contributed by atoms with Crippen molar-refractivity contribution < 1.29 is 18.7 Å². The molecule has 6 heteroatoms. The molecule has 2 heterocycles. The number of piperidine rings is 1. The Hall–Kier alpha value is -1.31. The van der Waals surface area contributed by atoms with E-state index in [9.17, 15) is 9.59 Å². The zero-order valence-electron chi connectivity index (χ0n) is 11.2. The number of furan rings is 1. The Bertz CT molecular complexity index is 523. The lowest BCUT2D eigenvalue weighted by Gasteiger charge is -2.32. The first kappa shape index (κ1) is 15.1. The van der Waals surface area contributed by atoms with Crippen LogP contribution in [0.2, 0.25) is 0 Å². The maximum atomic E-state index is 12.2. The molecule has 1 saturated heterocycles. The molecule has 0 N–H and O–H groups in total. The number of carbonyl (C=O) groups is 2. The van der Waals surface area contributed by atoms with Crippen LogP contribution < -0.4 is 0 Å². The zero-order chi connectivity index (χ0) is 14.5. The average molecular weight is 389 g/mol. The Morgan fingerprint density at radius 2 is 2.25 bits per heavy atom. The van der Waals surface area contributed by atoms with Gasteiger partial charge in [-0.1, -0.05) is 0 Å². The number of nitrogens with zero attached hydrogens (tertiary/aromatic N) is 1. The van der Waals surface area contributed by atoms with Crippen LogP contribution in [0.5, 0.6) is 0 Å². The predicted octanol–water partition coefficient (Wildman–Crippen LogP) is 2.45. The van der Waals surface area contributed by atoms with Crippen molar-refractivity contribution in [3.63, 3.8) is 0 Å². The molecule has 0 bridgehead atoms. The minimum atomic E-state index is -0.470. The number of hydrogen-bond donors (Lipinski definition) is 0. The van der Waals surface area contributed by atoms with E-state index in [1.54, 1.807) is 17.0 Å². The predicted molar refractivity (Wildman–Crippen MR) is 81.8 cm³/mol. The van der Waals surface area contributed by atoms with E-state index >= 15 is 0 Å². The van der Waals surface area contributed by atoms with Gasteiger partial charge in [-0.05, 0) is 60.1 Å². The number of carbonyl (C=O) groups excluding carboxylic acids is 2. The zero-order valence-corrected chi connectivity index (χ0v) is 13.3. The van der Waals surface area contributed by atoms with Crippen LogP contribution in [0, 0.1) is 3.77 Å². The van der Waals surface area contributed by atoms with Crippen molar-refractivity contribution in [3.05, 3.63) is 27.7 Å². The van der Waals surface area contributed by atoms with Crippen LogP contribution in [-0.2, 0) is 14.3 Å². The normalized spacial score (nSPS) is 19.3. The van der Waals surface area contributed by atoms with Crippen molar-refractivity contribution in [3.8, 4) is 0 Å². The number of amides is 1. The molecule has 1 atom stereocenters. The summed E-state index contributed by atoms with van der Waals surface area (Å²) in [6.45, 7) is 0.582. The largest absolute Gasteiger partial charge is 0.467 e. The molecule has 20 heavy (non-hydrogen) atoms. The molecule has 2 rings (SSSR count). The van der Waals surface area contributed by atoms with Crippen LogP contribution in [0.25, 0.3) is 6.08 Å². The molecule has 0 aromatic carbocycles. The van der Waals surface area contributed by atoms with Gasteiger partial charge in [0.05, 0.1) is 7.11 Å². The Kier molecular flexibility index (Phi) is 5.22. The summed E-state index contributed by atoms with van der Waals surface area (Å²) in [6, 6.07) is 3.14. The summed E-state index contributed by atoms with van der Waals surface area (Å²) < 4.78 is 10.9. The highest BCUT2D eigenvalue weighted by Crippen LogP contribution is 2.19. The highest BCUT2D eigenvalue weighted by atomic mass is 127. The molecule has 108 valence electrons. The lowest BCUT2D eigenvalue weighted by atomic mass is 10.0. The molecule has 0 saturated carbocycles. The van der Waals surface area contributed by atoms with Crippen LogP contribution in [0.3, 0.4) is 0 Å². The second-order valence-electron chi connectivity index (χ2n) is 4.54. The molecule has 0 spiro atoms. The smallest absolute Gasteiger partial charge is 0.328 e. The second-order valence-corrected chi connectivity index (χ2v) is 5.60. The molecule has 1 unspecified atom stereocenters. The van der Waals surface area contributed by atoms with Crippen LogP contribution in [0.1, 0.15) is 25.0 Å². The quantitative estimate of drug-likeness (QED) is 0.453. The van der Waals surface area contributed by atoms with Gasteiger partial charge in [-0.2, -0.15) is 0 Å². The fourth-order valence-electron chi connectivity index (χ4n) is 2.24. The number of esters is 1. The Morgan fingerprint density at radius 3 is 2.90 bits per heavy atom. The van der Waals surface area contributed by atoms with Crippen LogP contribution in [0.4, 0.5) is 0 Å². The number of rotatable bonds is 3. The van der Waals surface area contributed by atoms with Crippen molar-refractivity contribution >= 4 is 40.5 Å². The van der Waals surface area contributed by atoms with E-state index in [1.807, 2.05) is 6.07 Å². The van der Waals surface area contributed by atoms with Gasteiger partial charge in [0.2, 0.25) is 5.91 Å². The summed E-state index contributed by atoms with van der Waals surface area (Å²) in [6.07, 6.45) is 5.56. The van der Waals surface area contributed by atoms with Crippen molar-refractivity contribution in [2.24, 2.45) is 0 Å². The number of likely N-dealkylation sites (tertiary alicyclic amines) is 1. The van der Waals surface area contributed by atoms with Gasteiger partial charge in [0, 0.05) is 12.6 Å². The molecule has 0 radical (unpaired) electrons. The van der Waals surface area contributed by atoms with Gasteiger partial charge >= 0.3 is 5.97 Å². The Balaban J connectivity index is 2.06. The fraction of sp³-hybridized carbons (Fsp3) is 0.429. The number of halogens is 1. The van der Waals surface area contributed by atoms with Gasteiger partial charge in [0.15, 0.2) is 3.77 Å². The molecule has 5 nitrogen and oxygen atoms in total. The van der Waals surface area contributed by atoms with Crippen LogP contribution >= 0.6 is 22.6 Å². The summed E-state index contributed by atoms with van der Waals surface area (Å²) >= 11 is 2.06. The first-order valence-corrected chi connectivity index (χ1v) is 7.51. The van der Waals surface area contributed by atoms with Gasteiger partial charge in [-0.15, -0.1) is 0 Å². The minimum absolute atomic E-state index is 0.188. The highest BCUT2D eigenvalue weighted by molar-refractivity contribution is 14.1. The molecule has 1 aliphatic heterocycles. The minimum Gasteiger partial charge on any atom is -0.467 e. The molecule has 1 aliphatic rings. The van der Waals surface area contributed by atoms with E-state index in [1.165, 1.54) is 13.2 Å². The Morgan fingerprint density at radius 1 is 1.45 bits per heavy atom. The van der Waals surface area contributed by atoms with E-state index in [0.29, 0.717) is 18.7 Å². The molecular formula is C14H16INO4. The van der Waals surface area contributed by atoms with E-state index in [2.05, 4.69) is 22.6 Å². The maximum Gasteiger partial charge on any atom is 0.328 e. The third kappa shape index (κ3) is 3.62. The third-order valence-corrected chi connectivity index (χ3v) is 3.82. The molecule has 1 aromatic rings. The van der Waals surface area contributed by atoms with Crippen molar-refractivity contribution in [2.45, 2.75) is 25.3 Å². The molecular weight excluding hydrogens is 373 g/mol. The fourth-order valence-corrected chi connectivity index (χ4v) is 2.68. The Labute approximate surface area is 131 Å². The summed E-state index contributed by atoms with van der Waals surface area (Å²) in [5, 5.41) is 0. The van der Waals surface area contributed by atoms with Crippen LogP contribution in [0.15, 0.2) is 22.6 Å². The van der Waals surface area contributed by atoms with Gasteiger partial charge in [0.1, 0.15) is 11.8 Å². The first-order chi connectivity index (χ1) is 9.61. The van der Waals surface area contributed by atoms with E-state index in [0.717, 1.165) is 16.6 Å². The number of ether oxygens (including phenoxy) is 1. The van der Waals surface area contributed by atoms with Crippen molar-refractivity contribution in [1.82, 2.24) is 4.90 Å². The first-order valence-electron chi connectivity index (χ1n) is 6.43. The number of hydrogen-bond acceptors (Lipinski definition) is 4. The van der Waals surface area contributed by atoms with Gasteiger partial charge in [-0.25, -0.2) is 4.79 Å². The highest BCUT2D eigenvalue weighted by Gasteiger charge is 2.31. The van der Waals surface area contributed by atoms with E-state index < -0.39 is 6.04 Å². The summed E-state index contributed by atoms with van der Waals surface area (Å²) in [5.41, 5.74) is 0. The second kappa shape index (κ2) is 6.92. The molecule has 1 fully saturated rings. The van der Waals surface area contributed by atoms with Gasteiger partial charge < -0.3 is 14.1 Å². The summed E-state index contributed by atoms with van der Waals surface area (Å²) in [5.74, 6) is 0.0832. The molecule has 1 amide bonds. The van der Waals surface area contributed by atoms with E-state index in [4.69, 9.17) is 9.15 Å². The summed E-state index contributed by atoms with van der Waals surface area (Å²) in [4.78, 5) is 25.5. The molecule has 1 aromatic heterocycles. The van der Waals surface area contributed by atoms with E-state index in [-0.39, 0.29) is 11.9 Å². The van der Waals surface area contributed by atoms with Crippen LogP contribution in [-0.4, -0.2) is 36.5 Å². The van der Waals surface area contributed by atoms with Crippen molar-refractivity contribution in [1.29, 1.82) is 0 Å². The van der Waals surface area contributed by atoms with Gasteiger partial charge in [-0.3, -0.25) is 4.79 Å². The van der Waals surface area contributed by atoms with Gasteiger partial charge in [0.25, 0.3) is 0 Å². The topological polar surface area (TPSA) is 59.8 Å². The van der Waals surface area contributed by atoms with Crippen molar-refractivity contribution in [2.75, 3.05) is 13.7 Å². The maximum absolute atomic E-state index is 12.2.